The van der Waals surface area contributed by atoms with E-state index in [1.807, 2.05) is 18.3 Å². The summed E-state index contributed by atoms with van der Waals surface area (Å²) in [4.78, 5) is 28.3. The zero-order valence-corrected chi connectivity index (χ0v) is 16.2. The Morgan fingerprint density at radius 3 is 2.38 bits per heavy atom. The summed E-state index contributed by atoms with van der Waals surface area (Å²) in [5.41, 5.74) is 1.40. The minimum atomic E-state index is -0.0780. The lowest BCUT2D eigenvalue weighted by atomic mass is 10.1. The Kier molecular flexibility index (Phi) is 6.19. The van der Waals surface area contributed by atoms with Crippen LogP contribution in [0.15, 0.2) is 41.8 Å². The fourth-order valence-electron chi connectivity index (χ4n) is 3.42. The average Bonchev–Trinajstić information content (AvgIpc) is 3.15. The van der Waals surface area contributed by atoms with Gasteiger partial charge in [-0.15, -0.1) is 11.3 Å². The molecule has 26 heavy (non-hydrogen) atoms. The van der Waals surface area contributed by atoms with E-state index in [-0.39, 0.29) is 17.7 Å². The number of hydrogen-bond acceptors (Lipinski definition) is 3. The van der Waals surface area contributed by atoms with Crippen LogP contribution in [0.3, 0.4) is 0 Å². The first-order chi connectivity index (χ1) is 12.5. The summed E-state index contributed by atoms with van der Waals surface area (Å²) in [6, 6.07) is 11.3. The fraction of sp³-hybridized carbons (Fsp3) is 0.400. The number of benzene rings is 1. The van der Waals surface area contributed by atoms with Crippen LogP contribution in [0.1, 0.15) is 29.1 Å². The molecule has 1 saturated heterocycles. The molecule has 3 N–H and O–H groups in total. The van der Waals surface area contributed by atoms with Crippen molar-refractivity contribution in [3.8, 4) is 0 Å². The third-order valence-electron chi connectivity index (χ3n) is 5.17. The first-order valence-electron chi connectivity index (χ1n) is 9.15. The molecule has 0 bridgehead atoms. The molecule has 1 aromatic carbocycles. The van der Waals surface area contributed by atoms with E-state index in [9.17, 15) is 9.59 Å². The summed E-state index contributed by atoms with van der Waals surface area (Å²) in [5, 5.41) is 5.11. The molecule has 0 spiro atoms. The van der Waals surface area contributed by atoms with Crippen molar-refractivity contribution in [3.05, 3.63) is 52.2 Å². The lowest BCUT2D eigenvalue weighted by Gasteiger charge is -2.32. The molecule has 1 aliphatic rings. The predicted molar refractivity (Wildman–Crippen MR) is 104 cm³/mol. The molecule has 0 saturated carbocycles. The number of rotatable bonds is 6. The van der Waals surface area contributed by atoms with Crippen molar-refractivity contribution in [1.82, 2.24) is 0 Å². The molecule has 0 radical (unpaired) electrons. The third kappa shape index (κ3) is 4.78. The van der Waals surface area contributed by atoms with E-state index in [4.69, 9.17) is 0 Å². The monoisotopic (exact) mass is 373 g/mol. The Balaban J connectivity index is 1.48. The second kappa shape index (κ2) is 8.58. The molecule has 1 atom stereocenters. The summed E-state index contributed by atoms with van der Waals surface area (Å²) in [5.74, 6) is 0.0703. The van der Waals surface area contributed by atoms with Crippen LogP contribution >= 0.6 is 11.3 Å². The van der Waals surface area contributed by atoms with Gasteiger partial charge >= 0.3 is 0 Å². The highest BCUT2D eigenvalue weighted by Gasteiger charge is 2.31. The highest BCUT2D eigenvalue weighted by molar-refractivity contribution is 7.09. The highest BCUT2D eigenvalue weighted by atomic mass is 32.1. The molecule has 1 fully saturated rings. The molecule has 138 valence electrons. The molecule has 1 aromatic heterocycles. The van der Waals surface area contributed by atoms with Crippen molar-refractivity contribution in [1.29, 1.82) is 0 Å². The van der Waals surface area contributed by atoms with Gasteiger partial charge in [0, 0.05) is 11.3 Å². The van der Waals surface area contributed by atoms with Gasteiger partial charge in [0.2, 0.25) is 0 Å². The summed E-state index contributed by atoms with van der Waals surface area (Å²) < 4.78 is 0. The van der Waals surface area contributed by atoms with Crippen LogP contribution in [-0.2, 0) is 11.3 Å². The Bertz CT molecular complexity index is 735. The number of carbonyl (C=O) groups excluding carboxylic acids is 2. The number of anilines is 1. The standard InChI is InChI=1S/C20H25N3O2S/c1-15(20(25)21-18-7-5-17(6-8-18)16(2)24)23-11-9-22(10-12-23)14-19-4-3-13-26-19/h3-8,13,15H,9-12,14H2,1-2H3,(H,21,25)/p+2/t15-/m1/s1. The third-order valence-corrected chi connectivity index (χ3v) is 6.04. The quantitative estimate of drug-likeness (QED) is 0.637. The van der Waals surface area contributed by atoms with Gasteiger partial charge in [-0.05, 0) is 49.6 Å². The molecule has 2 aromatic rings. The molecule has 1 amide bonds. The molecule has 6 heteroatoms. The second-order valence-corrected chi connectivity index (χ2v) is 8.04. The fourth-order valence-corrected chi connectivity index (χ4v) is 4.19. The number of ketones is 1. The predicted octanol–water partition coefficient (Wildman–Crippen LogP) is 0.261. The van der Waals surface area contributed by atoms with Crippen LogP contribution in [0, 0.1) is 0 Å². The maximum Gasteiger partial charge on any atom is 0.282 e. The number of nitrogens with one attached hydrogen (secondary N) is 3. The Labute approximate surface area is 158 Å². The van der Waals surface area contributed by atoms with Gasteiger partial charge in [0.15, 0.2) is 11.8 Å². The first-order valence-corrected chi connectivity index (χ1v) is 10.0. The topological polar surface area (TPSA) is 55.0 Å². The molecule has 1 aliphatic heterocycles. The van der Waals surface area contributed by atoms with Crippen molar-refractivity contribution in [2.75, 3.05) is 31.5 Å². The van der Waals surface area contributed by atoms with E-state index in [2.05, 4.69) is 22.8 Å². The van der Waals surface area contributed by atoms with Crippen LogP contribution in [0.2, 0.25) is 0 Å². The normalized spacial score (nSPS) is 21.2. The van der Waals surface area contributed by atoms with Gasteiger partial charge in [0.1, 0.15) is 32.7 Å². The summed E-state index contributed by atoms with van der Waals surface area (Å²) >= 11 is 1.82. The molecular weight excluding hydrogens is 346 g/mol. The van der Waals surface area contributed by atoms with Crippen molar-refractivity contribution in [2.24, 2.45) is 0 Å². The smallest absolute Gasteiger partial charge is 0.282 e. The van der Waals surface area contributed by atoms with Crippen LogP contribution in [0.25, 0.3) is 0 Å². The number of hydrogen-bond donors (Lipinski definition) is 3. The zero-order valence-electron chi connectivity index (χ0n) is 15.4. The zero-order chi connectivity index (χ0) is 18.5. The van der Waals surface area contributed by atoms with E-state index in [0.29, 0.717) is 5.56 Å². The lowest BCUT2D eigenvalue weighted by Crippen LogP contribution is -3.29. The summed E-state index contributed by atoms with van der Waals surface area (Å²) in [6.45, 7) is 8.85. The molecule has 0 aliphatic carbocycles. The van der Waals surface area contributed by atoms with Crippen LogP contribution in [-0.4, -0.2) is 43.9 Å². The van der Waals surface area contributed by atoms with E-state index >= 15 is 0 Å². The minimum absolute atomic E-state index is 0.0311. The maximum atomic E-state index is 12.6. The number of thiophene rings is 1. The Morgan fingerprint density at radius 2 is 1.81 bits per heavy atom. The molecule has 0 unspecified atom stereocenters. The van der Waals surface area contributed by atoms with Gasteiger partial charge in [-0.2, -0.15) is 0 Å². The average molecular weight is 374 g/mol. The largest absolute Gasteiger partial charge is 0.321 e. The molecule has 2 heterocycles. The van der Waals surface area contributed by atoms with Gasteiger partial charge in [0.05, 0.1) is 4.88 Å². The number of Topliss-reactive ketones (excluding diaryl/α,β-unsaturated/α-hetero) is 1. The van der Waals surface area contributed by atoms with Crippen molar-refractivity contribution in [3.63, 3.8) is 0 Å². The summed E-state index contributed by atoms with van der Waals surface area (Å²) in [7, 11) is 0. The molecule has 3 rings (SSSR count). The van der Waals surface area contributed by atoms with Gasteiger partial charge < -0.3 is 15.1 Å². The van der Waals surface area contributed by atoms with Crippen molar-refractivity contribution in [2.45, 2.75) is 26.4 Å². The van der Waals surface area contributed by atoms with Gasteiger partial charge in [-0.1, -0.05) is 6.07 Å². The highest BCUT2D eigenvalue weighted by Crippen LogP contribution is 2.10. The van der Waals surface area contributed by atoms with E-state index in [0.717, 1.165) is 38.4 Å². The number of amides is 1. The number of carbonyl (C=O) groups is 2. The molecule has 5 nitrogen and oxygen atoms in total. The van der Waals surface area contributed by atoms with Gasteiger partial charge in [-0.25, -0.2) is 0 Å². The van der Waals surface area contributed by atoms with E-state index in [1.54, 1.807) is 36.1 Å². The lowest BCUT2D eigenvalue weighted by molar-refractivity contribution is -1.02. The SMILES string of the molecule is CC(=O)c1ccc(NC(=O)[C@@H](C)[NH+]2CC[NH+](Cc3cccs3)CC2)cc1. The van der Waals surface area contributed by atoms with Crippen molar-refractivity contribution < 1.29 is 19.4 Å². The van der Waals surface area contributed by atoms with Crippen molar-refractivity contribution >= 4 is 28.7 Å². The van der Waals surface area contributed by atoms with Gasteiger partial charge in [0.25, 0.3) is 5.91 Å². The maximum absolute atomic E-state index is 12.6. The Hall–Kier alpha value is -2.02. The van der Waals surface area contributed by atoms with E-state index in [1.165, 1.54) is 9.78 Å². The second-order valence-electron chi connectivity index (χ2n) is 7.01. The van der Waals surface area contributed by atoms with Crippen LogP contribution in [0.5, 0.6) is 0 Å². The number of piperazine rings is 1. The molecular formula is C20H27N3O2S+2. The van der Waals surface area contributed by atoms with Crippen LogP contribution in [0.4, 0.5) is 5.69 Å². The van der Waals surface area contributed by atoms with E-state index < -0.39 is 0 Å². The Morgan fingerprint density at radius 1 is 1.12 bits per heavy atom. The summed E-state index contributed by atoms with van der Waals surface area (Å²) in [6.07, 6.45) is 0. The first kappa shape index (κ1) is 18.8. The number of quaternary nitrogens is 2. The van der Waals surface area contributed by atoms with Crippen LogP contribution < -0.4 is 15.1 Å². The van der Waals surface area contributed by atoms with Gasteiger partial charge in [-0.3, -0.25) is 9.59 Å². The minimum Gasteiger partial charge on any atom is -0.321 e.